The lowest BCUT2D eigenvalue weighted by Gasteiger charge is -2.42. The summed E-state index contributed by atoms with van der Waals surface area (Å²) in [6.45, 7) is 9.42. The van der Waals surface area contributed by atoms with Crippen LogP contribution in [0.2, 0.25) is 0 Å². The Kier molecular flexibility index (Phi) is 10.5. The van der Waals surface area contributed by atoms with Crippen LogP contribution in [0.4, 0.5) is 4.79 Å². The molecule has 218 valence electrons. The van der Waals surface area contributed by atoms with Gasteiger partial charge in [0.25, 0.3) is 0 Å². The molecule has 0 spiro atoms. The number of aromatic hydroxyl groups is 1. The van der Waals surface area contributed by atoms with Crippen LogP contribution >= 0.6 is 11.8 Å². The van der Waals surface area contributed by atoms with E-state index in [9.17, 15) is 24.6 Å². The maximum absolute atomic E-state index is 14.1. The smallest absolute Gasteiger partial charge is 0.408 e. The molecular weight excluding hydrogens is 526 g/mol. The SMILES string of the molecule is Cc1cc(O)cc(C)c1C[C@@H](C(=O)NC1(C(=O)NCCCc2ccccc2)CCSCC1)N(C(=O)O)C(C)(C)C. The third-order valence-electron chi connectivity index (χ3n) is 7.54. The van der Waals surface area contributed by atoms with Gasteiger partial charge < -0.3 is 20.8 Å². The molecule has 8 nitrogen and oxygen atoms in total. The highest BCUT2D eigenvalue weighted by Crippen LogP contribution is 2.30. The molecule has 1 fully saturated rings. The highest BCUT2D eigenvalue weighted by molar-refractivity contribution is 7.99. The molecule has 9 heteroatoms. The summed E-state index contributed by atoms with van der Waals surface area (Å²) in [4.78, 5) is 41.4. The van der Waals surface area contributed by atoms with Gasteiger partial charge >= 0.3 is 6.09 Å². The normalized spacial score (nSPS) is 15.6. The molecule has 3 rings (SSSR count). The van der Waals surface area contributed by atoms with Gasteiger partial charge in [-0.2, -0.15) is 11.8 Å². The second kappa shape index (κ2) is 13.4. The molecule has 0 aromatic heterocycles. The fraction of sp³-hybridized carbons (Fsp3) is 0.516. The Morgan fingerprint density at radius 3 is 2.20 bits per heavy atom. The third-order valence-corrected chi connectivity index (χ3v) is 8.52. The lowest BCUT2D eigenvalue weighted by atomic mass is 9.88. The van der Waals surface area contributed by atoms with Gasteiger partial charge in [0, 0.05) is 18.5 Å². The van der Waals surface area contributed by atoms with Crippen LogP contribution in [0.1, 0.15) is 62.3 Å². The second-order valence-electron chi connectivity index (χ2n) is 11.6. The predicted molar refractivity (Wildman–Crippen MR) is 160 cm³/mol. The van der Waals surface area contributed by atoms with E-state index < -0.39 is 29.1 Å². The maximum atomic E-state index is 14.1. The number of benzene rings is 2. The van der Waals surface area contributed by atoms with Crippen molar-refractivity contribution in [1.82, 2.24) is 15.5 Å². The van der Waals surface area contributed by atoms with Crippen LogP contribution in [-0.4, -0.2) is 68.2 Å². The fourth-order valence-corrected chi connectivity index (χ4v) is 6.62. The Morgan fingerprint density at radius 1 is 1.05 bits per heavy atom. The number of phenols is 1. The standard InChI is InChI=1S/C31H43N3O5S/c1-21-18-24(35)19-22(2)25(21)20-26(34(29(38)39)30(3,4)5)27(36)33-31(13-16-40-17-14-31)28(37)32-15-9-12-23-10-7-6-8-11-23/h6-8,10-11,18-19,26,35H,9,12-17,20H2,1-5H3,(H,32,37)(H,33,36)(H,38,39)/t26-/m0/s1. The fourth-order valence-electron chi connectivity index (χ4n) is 5.43. The van der Waals surface area contributed by atoms with Gasteiger partial charge in [-0.1, -0.05) is 30.3 Å². The van der Waals surface area contributed by atoms with Crippen LogP contribution in [-0.2, 0) is 22.4 Å². The highest BCUT2D eigenvalue weighted by atomic mass is 32.2. The number of nitrogens with one attached hydrogen (secondary N) is 2. The summed E-state index contributed by atoms with van der Waals surface area (Å²) >= 11 is 1.74. The van der Waals surface area contributed by atoms with Crippen molar-refractivity contribution >= 4 is 29.7 Å². The van der Waals surface area contributed by atoms with Crippen molar-refractivity contribution in [2.75, 3.05) is 18.1 Å². The summed E-state index contributed by atoms with van der Waals surface area (Å²) in [7, 11) is 0. The van der Waals surface area contributed by atoms with Crippen LogP contribution in [0, 0.1) is 13.8 Å². The van der Waals surface area contributed by atoms with E-state index in [0.29, 0.717) is 19.4 Å². The van der Waals surface area contributed by atoms with Crippen molar-refractivity contribution in [1.29, 1.82) is 0 Å². The molecule has 2 aromatic carbocycles. The first-order chi connectivity index (χ1) is 18.8. The van der Waals surface area contributed by atoms with Gasteiger partial charge in [-0.15, -0.1) is 0 Å². The summed E-state index contributed by atoms with van der Waals surface area (Å²) in [5.74, 6) is 0.854. The number of nitrogens with zero attached hydrogens (tertiary/aromatic N) is 1. The van der Waals surface area contributed by atoms with E-state index >= 15 is 0 Å². The van der Waals surface area contributed by atoms with Gasteiger partial charge in [-0.3, -0.25) is 14.5 Å². The van der Waals surface area contributed by atoms with Gasteiger partial charge in [0.2, 0.25) is 11.8 Å². The summed E-state index contributed by atoms with van der Waals surface area (Å²) in [5, 5.41) is 26.3. The number of hydrogen-bond acceptors (Lipinski definition) is 5. The van der Waals surface area contributed by atoms with Crippen LogP contribution in [0.5, 0.6) is 5.75 Å². The molecule has 0 aliphatic carbocycles. The zero-order valence-electron chi connectivity index (χ0n) is 24.3. The predicted octanol–water partition coefficient (Wildman–Crippen LogP) is 4.83. The zero-order valence-corrected chi connectivity index (χ0v) is 25.1. The largest absolute Gasteiger partial charge is 0.508 e. The molecular formula is C31H43N3O5S. The molecule has 1 atom stereocenters. The molecule has 0 unspecified atom stereocenters. The number of aryl methyl sites for hydroxylation is 3. The zero-order chi connectivity index (χ0) is 29.5. The van der Waals surface area contributed by atoms with E-state index in [1.807, 2.05) is 32.0 Å². The van der Waals surface area contributed by atoms with Crippen molar-refractivity contribution < 1.29 is 24.6 Å². The second-order valence-corrected chi connectivity index (χ2v) is 12.9. The minimum atomic E-state index is -1.21. The molecule has 1 heterocycles. The van der Waals surface area contributed by atoms with Crippen molar-refractivity contribution in [2.45, 2.75) is 83.8 Å². The molecule has 2 aromatic rings. The van der Waals surface area contributed by atoms with E-state index in [0.717, 1.165) is 41.0 Å². The maximum Gasteiger partial charge on any atom is 0.408 e. The van der Waals surface area contributed by atoms with E-state index in [4.69, 9.17) is 0 Å². The van der Waals surface area contributed by atoms with E-state index in [1.54, 1.807) is 44.7 Å². The lowest BCUT2D eigenvalue weighted by Crippen LogP contribution is -2.65. The van der Waals surface area contributed by atoms with Gasteiger partial charge in [0.15, 0.2) is 0 Å². The average Bonchev–Trinajstić information content (AvgIpc) is 2.87. The minimum Gasteiger partial charge on any atom is -0.508 e. The first kappa shape index (κ1) is 31.3. The number of rotatable bonds is 10. The number of phenolic OH excluding ortho intramolecular Hbond substituents is 1. The number of thioether (sulfide) groups is 1. The van der Waals surface area contributed by atoms with Gasteiger partial charge in [0.1, 0.15) is 17.3 Å². The van der Waals surface area contributed by atoms with Crippen molar-refractivity contribution in [2.24, 2.45) is 0 Å². The Morgan fingerprint density at radius 2 is 1.65 bits per heavy atom. The van der Waals surface area contributed by atoms with Crippen LogP contribution in [0.3, 0.4) is 0 Å². The highest BCUT2D eigenvalue weighted by Gasteiger charge is 2.45. The van der Waals surface area contributed by atoms with E-state index in [-0.39, 0.29) is 18.1 Å². The van der Waals surface area contributed by atoms with Crippen LogP contribution in [0.25, 0.3) is 0 Å². The summed E-state index contributed by atoms with van der Waals surface area (Å²) in [5.41, 5.74) is 1.57. The number of carbonyl (C=O) groups excluding carboxylic acids is 2. The van der Waals surface area contributed by atoms with Gasteiger partial charge in [-0.25, -0.2) is 4.79 Å². The molecule has 1 saturated heterocycles. The van der Waals surface area contributed by atoms with Crippen molar-refractivity contribution in [3.63, 3.8) is 0 Å². The molecule has 0 saturated carbocycles. The molecule has 1 aliphatic rings. The number of carbonyl (C=O) groups is 3. The molecule has 0 bridgehead atoms. The molecule has 40 heavy (non-hydrogen) atoms. The topological polar surface area (TPSA) is 119 Å². The number of hydrogen-bond donors (Lipinski definition) is 4. The first-order valence-corrected chi connectivity index (χ1v) is 15.0. The lowest BCUT2D eigenvalue weighted by molar-refractivity contribution is -0.137. The molecule has 4 N–H and O–H groups in total. The number of amides is 3. The monoisotopic (exact) mass is 569 g/mol. The Labute approximate surface area is 241 Å². The summed E-state index contributed by atoms with van der Waals surface area (Å²) in [6.07, 6.45) is 1.47. The van der Waals surface area contributed by atoms with E-state index in [2.05, 4.69) is 22.8 Å². The quantitative estimate of drug-likeness (QED) is 0.305. The Balaban J connectivity index is 1.85. The average molecular weight is 570 g/mol. The minimum absolute atomic E-state index is 0.119. The van der Waals surface area contributed by atoms with Gasteiger partial charge in [-0.05, 0) is 106 Å². The number of carboxylic acid groups (broad SMARTS) is 1. The van der Waals surface area contributed by atoms with E-state index in [1.165, 1.54) is 10.5 Å². The van der Waals surface area contributed by atoms with Crippen LogP contribution in [0.15, 0.2) is 42.5 Å². The summed E-state index contributed by atoms with van der Waals surface area (Å²) < 4.78 is 0. The molecule has 1 aliphatic heterocycles. The Bertz CT molecular complexity index is 1170. The molecule has 0 radical (unpaired) electrons. The molecule has 3 amide bonds. The van der Waals surface area contributed by atoms with Crippen LogP contribution < -0.4 is 10.6 Å². The summed E-state index contributed by atoms with van der Waals surface area (Å²) in [6, 6.07) is 12.2. The van der Waals surface area contributed by atoms with Gasteiger partial charge in [0.05, 0.1) is 0 Å². The van der Waals surface area contributed by atoms with Crippen molar-refractivity contribution in [3.05, 3.63) is 64.7 Å². The third kappa shape index (κ3) is 7.93. The van der Waals surface area contributed by atoms with Crippen molar-refractivity contribution in [3.8, 4) is 5.75 Å². The first-order valence-electron chi connectivity index (χ1n) is 13.9. The Hall–Kier alpha value is -3.20.